The average molecular weight is 377 g/mol. The van der Waals surface area contributed by atoms with Gasteiger partial charge in [0.2, 0.25) is 0 Å². The molecule has 1 aliphatic rings. The number of hydrazine groups is 1. The smallest absolute Gasteiger partial charge is 0.252 e. The summed E-state index contributed by atoms with van der Waals surface area (Å²) in [6, 6.07) is 4.08. The van der Waals surface area contributed by atoms with Crippen LogP contribution >= 0.6 is 11.8 Å². The fraction of sp³-hybridized carbons (Fsp3) is 0.571. The van der Waals surface area contributed by atoms with E-state index in [4.69, 9.17) is 0 Å². The highest BCUT2D eigenvalue weighted by atomic mass is 32.2. The lowest BCUT2D eigenvalue weighted by Crippen LogP contribution is -2.38. The molecule has 1 heterocycles. The molecule has 2 N–H and O–H groups in total. The molecule has 0 unspecified atom stereocenters. The van der Waals surface area contributed by atoms with Crippen molar-refractivity contribution in [2.45, 2.75) is 65.7 Å². The van der Waals surface area contributed by atoms with Gasteiger partial charge in [0.25, 0.3) is 5.91 Å². The molecular formula is C21H32N2O2S. The number of aromatic hydroxyl groups is 1. The Labute approximate surface area is 162 Å². The van der Waals surface area contributed by atoms with Gasteiger partial charge in [-0.15, -0.1) is 0 Å². The summed E-state index contributed by atoms with van der Waals surface area (Å²) < 4.78 is 0. The summed E-state index contributed by atoms with van der Waals surface area (Å²) in [5.41, 5.74) is 5.73. The second kappa shape index (κ2) is 7.65. The molecule has 1 fully saturated rings. The summed E-state index contributed by atoms with van der Waals surface area (Å²) in [6.45, 7) is 15.5. The van der Waals surface area contributed by atoms with Crippen molar-refractivity contribution in [3.8, 4) is 5.75 Å². The van der Waals surface area contributed by atoms with Crippen molar-refractivity contribution in [2.24, 2.45) is 0 Å². The predicted octanol–water partition coefficient (Wildman–Crippen LogP) is 4.78. The Morgan fingerprint density at radius 1 is 1.15 bits per heavy atom. The number of amides is 1. The maximum atomic E-state index is 12.1. The number of rotatable bonds is 4. The van der Waals surface area contributed by atoms with E-state index >= 15 is 0 Å². The second-order valence-corrected chi connectivity index (χ2v) is 9.87. The number of thioether (sulfide) groups is 1. The van der Waals surface area contributed by atoms with E-state index in [9.17, 15) is 9.90 Å². The molecule has 2 rings (SSSR count). The number of nitrogens with zero attached hydrogens (tertiary/aromatic N) is 1. The second-order valence-electron chi connectivity index (χ2n) is 8.87. The lowest BCUT2D eigenvalue weighted by molar-refractivity contribution is -0.127. The van der Waals surface area contributed by atoms with Gasteiger partial charge in [-0.1, -0.05) is 60.2 Å². The van der Waals surface area contributed by atoms with Gasteiger partial charge in [0.05, 0.1) is 10.8 Å². The summed E-state index contributed by atoms with van der Waals surface area (Å²) in [5, 5.41) is 13.4. The molecular weight excluding hydrogens is 344 g/mol. The van der Waals surface area contributed by atoms with Crippen molar-refractivity contribution in [1.29, 1.82) is 0 Å². The monoisotopic (exact) mass is 376 g/mol. The van der Waals surface area contributed by atoms with E-state index < -0.39 is 0 Å². The number of hydrogen-bond donors (Lipinski definition) is 2. The first-order chi connectivity index (χ1) is 11.9. The molecule has 0 atom stereocenters. The third-order valence-corrected chi connectivity index (χ3v) is 5.36. The minimum Gasteiger partial charge on any atom is -0.507 e. The number of carbonyl (C=O) groups excluding carboxylic acids is 1. The zero-order chi connectivity index (χ0) is 19.7. The first kappa shape index (κ1) is 20.8. The molecule has 5 heteroatoms. The third kappa shape index (κ3) is 4.63. The summed E-state index contributed by atoms with van der Waals surface area (Å²) in [7, 11) is 0. The van der Waals surface area contributed by atoms with E-state index in [-0.39, 0.29) is 16.7 Å². The van der Waals surface area contributed by atoms with Crippen molar-refractivity contribution in [3.05, 3.63) is 33.9 Å². The van der Waals surface area contributed by atoms with Crippen LogP contribution in [0.2, 0.25) is 0 Å². The summed E-state index contributed by atoms with van der Waals surface area (Å²) in [5.74, 6) is 0.919. The molecule has 1 saturated heterocycles. The van der Waals surface area contributed by atoms with Gasteiger partial charge in [0.1, 0.15) is 5.75 Å². The first-order valence-electron chi connectivity index (χ1n) is 9.24. The maximum absolute atomic E-state index is 12.1. The van der Waals surface area contributed by atoms with Gasteiger partial charge in [0.15, 0.2) is 0 Å². The Kier molecular flexibility index (Phi) is 6.13. The highest BCUT2D eigenvalue weighted by molar-refractivity contribution is 8.04. The summed E-state index contributed by atoms with van der Waals surface area (Å²) in [6.07, 6.45) is 3.01. The molecule has 0 radical (unpaired) electrons. The molecule has 26 heavy (non-hydrogen) atoms. The van der Waals surface area contributed by atoms with Crippen LogP contribution in [0.3, 0.4) is 0 Å². The van der Waals surface area contributed by atoms with Gasteiger partial charge in [-0.3, -0.25) is 4.79 Å². The molecule has 1 aromatic rings. The number of hydrogen-bond acceptors (Lipinski definition) is 4. The van der Waals surface area contributed by atoms with Crippen molar-refractivity contribution >= 4 is 23.7 Å². The van der Waals surface area contributed by atoms with E-state index in [1.165, 1.54) is 0 Å². The number of phenols is 1. The van der Waals surface area contributed by atoms with Crippen molar-refractivity contribution < 1.29 is 9.90 Å². The van der Waals surface area contributed by atoms with Crippen LogP contribution in [0.5, 0.6) is 5.75 Å². The van der Waals surface area contributed by atoms with Gasteiger partial charge in [0, 0.05) is 17.7 Å². The van der Waals surface area contributed by atoms with Crippen LogP contribution in [0, 0.1) is 0 Å². The zero-order valence-electron chi connectivity index (χ0n) is 17.1. The minimum absolute atomic E-state index is 0.0839. The van der Waals surface area contributed by atoms with Crippen molar-refractivity contribution in [3.63, 3.8) is 0 Å². The van der Waals surface area contributed by atoms with Crippen LogP contribution in [-0.4, -0.2) is 28.3 Å². The number of benzene rings is 1. The number of phenolic OH excluding ortho intramolecular Hbond substituents is 1. The van der Waals surface area contributed by atoms with Crippen molar-refractivity contribution in [2.75, 3.05) is 12.3 Å². The SMILES string of the molecule is CCCNN1C(=O)CSC1=Cc1cc(C(C)(C)C)c(O)c(C(C)(C)C)c1. The van der Waals surface area contributed by atoms with Gasteiger partial charge in [-0.05, 0) is 41.0 Å². The Morgan fingerprint density at radius 2 is 1.69 bits per heavy atom. The van der Waals surface area contributed by atoms with Crippen LogP contribution in [0.1, 0.15) is 71.6 Å². The number of carbonyl (C=O) groups is 1. The van der Waals surface area contributed by atoms with Gasteiger partial charge < -0.3 is 5.11 Å². The zero-order valence-corrected chi connectivity index (χ0v) is 17.9. The maximum Gasteiger partial charge on any atom is 0.252 e. The molecule has 144 valence electrons. The van der Waals surface area contributed by atoms with E-state index in [0.29, 0.717) is 11.5 Å². The lowest BCUT2D eigenvalue weighted by Gasteiger charge is -2.28. The molecule has 0 aliphatic carbocycles. The summed E-state index contributed by atoms with van der Waals surface area (Å²) >= 11 is 1.55. The Morgan fingerprint density at radius 3 is 2.15 bits per heavy atom. The Balaban J connectivity index is 2.54. The molecule has 0 saturated carbocycles. The van der Waals surface area contributed by atoms with Crippen LogP contribution in [0.15, 0.2) is 17.2 Å². The largest absolute Gasteiger partial charge is 0.507 e. The van der Waals surface area contributed by atoms with Crippen LogP contribution in [-0.2, 0) is 15.6 Å². The quantitative estimate of drug-likeness (QED) is 0.794. The highest BCUT2D eigenvalue weighted by Gasteiger charge is 2.29. The molecule has 4 nitrogen and oxygen atoms in total. The summed E-state index contributed by atoms with van der Waals surface area (Å²) in [4.78, 5) is 12.1. The molecule has 1 amide bonds. The Bertz CT molecular complexity index is 677. The van der Waals surface area contributed by atoms with Crippen molar-refractivity contribution in [1.82, 2.24) is 10.4 Å². The van der Waals surface area contributed by atoms with E-state index in [2.05, 4.69) is 53.9 Å². The normalized spacial score (nSPS) is 17.4. The molecule has 0 bridgehead atoms. The van der Waals surface area contributed by atoms with E-state index in [1.54, 1.807) is 16.8 Å². The molecule has 0 aromatic heterocycles. The van der Waals surface area contributed by atoms with E-state index in [0.717, 1.165) is 34.7 Å². The third-order valence-electron chi connectivity index (χ3n) is 4.37. The first-order valence-corrected chi connectivity index (χ1v) is 10.2. The van der Waals surface area contributed by atoms with Crippen LogP contribution in [0.4, 0.5) is 0 Å². The standard InChI is InChI=1S/C21H32N2O2S/c1-8-9-22-23-17(24)13-26-18(23)12-14-10-15(20(2,3)4)19(25)16(11-14)21(5,6)7/h10-12,22,25H,8-9,13H2,1-7H3. The minimum atomic E-state index is -0.169. The van der Waals surface area contributed by atoms with E-state index in [1.807, 2.05) is 18.2 Å². The number of nitrogens with one attached hydrogen (secondary N) is 1. The van der Waals surface area contributed by atoms with Gasteiger partial charge in [-0.25, -0.2) is 10.4 Å². The predicted molar refractivity (Wildman–Crippen MR) is 111 cm³/mol. The van der Waals surface area contributed by atoms with Crippen LogP contribution in [0.25, 0.3) is 6.08 Å². The Hall–Kier alpha value is -1.46. The van der Waals surface area contributed by atoms with Gasteiger partial charge in [-0.2, -0.15) is 0 Å². The molecule has 0 spiro atoms. The fourth-order valence-electron chi connectivity index (χ4n) is 2.91. The van der Waals surface area contributed by atoms with Gasteiger partial charge >= 0.3 is 0 Å². The fourth-order valence-corrected chi connectivity index (χ4v) is 3.83. The highest BCUT2D eigenvalue weighted by Crippen LogP contribution is 2.41. The lowest BCUT2D eigenvalue weighted by atomic mass is 9.78. The average Bonchev–Trinajstić information content (AvgIpc) is 2.84. The van der Waals surface area contributed by atoms with Crippen LogP contribution < -0.4 is 5.43 Å². The molecule has 1 aromatic carbocycles. The topological polar surface area (TPSA) is 52.6 Å². The molecule has 1 aliphatic heterocycles.